The van der Waals surface area contributed by atoms with Crippen LogP contribution in [0, 0.1) is 6.92 Å². The van der Waals surface area contributed by atoms with Crippen LogP contribution < -0.4 is 10.1 Å². The topological polar surface area (TPSA) is 64.6 Å². The third-order valence-corrected chi connectivity index (χ3v) is 3.51. The number of hydrogen-bond acceptors (Lipinski definition) is 4. The van der Waals surface area contributed by atoms with Crippen LogP contribution in [0.1, 0.15) is 18.1 Å². The highest BCUT2D eigenvalue weighted by atomic mass is 16.5. The van der Waals surface area contributed by atoms with Crippen LogP contribution in [-0.2, 0) is 14.3 Å². The van der Waals surface area contributed by atoms with Crippen LogP contribution >= 0.6 is 0 Å². The first-order chi connectivity index (χ1) is 12.0. The van der Waals surface area contributed by atoms with Crippen LogP contribution in [0.2, 0.25) is 0 Å². The SMILES string of the molecule is COc1ccc(/C=C/C(=O)O[C@H](C)C(=O)Nc2ccc(C)cc2)cc1. The molecule has 130 valence electrons. The van der Waals surface area contributed by atoms with E-state index in [2.05, 4.69) is 5.32 Å². The fourth-order valence-electron chi connectivity index (χ4n) is 2.03. The molecule has 1 N–H and O–H groups in total. The van der Waals surface area contributed by atoms with E-state index in [1.54, 1.807) is 37.5 Å². The van der Waals surface area contributed by atoms with Gasteiger partial charge in [0.25, 0.3) is 5.91 Å². The number of hydrogen-bond donors (Lipinski definition) is 1. The molecule has 0 radical (unpaired) electrons. The minimum atomic E-state index is -0.894. The Morgan fingerprint density at radius 1 is 1.04 bits per heavy atom. The fourth-order valence-corrected chi connectivity index (χ4v) is 2.03. The molecule has 0 unspecified atom stereocenters. The highest BCUT2D eigenvalue weighted by Crippen LogP contribution is 2.13. The first-order valence-corrected chi connectivity index (χ1v) is 7.88. The highest BCUT2D eigenvalue weighted by molar-refractivity contribution is 5.96. The van der Waals surface area contributed by atoms with Gasteiger partial charge in [0.1, 0.15) is 5.75 Å². The van der Waals surface area contributed by atoms with Gasteiger partial charge in [0.05, 0.1) is 7.11 Å². The van der Waals surface area contributed by atoms with Crippen molar-refractivity contribution in [2.24, 2.45) is 0 Å². The summed E-state index contributed by atoms with van der Waals surface area (Å²) in [5.41, 5.74) is 2.59. The molecule has 0 aliphatic heterocycles. The van der Waals surface area contributed by atoms with Crippen molar-refractivity contribution in [3.63, 3.8) is 0 Å². The van der Waals surface area contributed by atoms with Crippen LogP contribution in [0.15, 0.2) is 54.6 Å². The molecule has 0 aliphatic rings. The first-order valence-electron chi connectivity index (χ1n) is 7.88. The van der Waals surface area contributed by atoms with Gasteiger partial charge in [0.15, 0.2) is 6.10 Å². The van der Waals surface area contributed by atoms with Crippen LogP contribution in [0.3, 0.4) is 0 Å². The molecule has 0 saturated carbocycles. The van der Waals surface area contributed by atoms with Crippen molar-refractivity contribution in [3.8, 4) is 5.75 Å². The summed E-state index contributed by atoms with van der Waals surface area (Å²) < 4.78 is 10.2. The number of aryl methyl sites for hydroxylation is 1. The molecule has 5 nitrogen and oxygen atoms in total. The average molecular weight is 339 g/mol. The zero-order valence-electron chi connectivity index (χ0n) is 14.5. The summed E-state index contributed by atoms with van der Waals surface area (Å²) in [6.07, 6.45) is 2.01. The van der Waals surface area contributed by atoms with Gasteiger partial charge in [-0.2, -0.15) is 0 Å². The summed E-state index contributed by atoms with van der Waals surface area (Å²) in [6.45, 7) is 3.49. The molecular formula is C20H21NO4. The second-order valence-electron chi connectivity index (χ2n) is 5.54. The monoisotopic (exact) mass is 339 g/mol. The number of ether oxygens (including phenoxy) is 2. The average Bonchev–Trinajstić information content (AvgIpc) is 2.62. The number of anilines is 1. The zero-order valence-corrected chi connectivity index (χ0v) is 14.5. The lowest BCUT2D eigenvalue weighted by atomic mass is 10.2. The lowest BCUT2D eigenvalue weighted by molar-refractivity contribution is -0.148. The van der Waals surface area contributed by atoms with Gasteiger partial charge in [0, 0.05) is 11.8 Å². The summed E-state index contributed by atoms with van der Waals surface area (Å²) in [6, 6.07) is 14.6. The number of nitrogens with one attached hydrogen (secondary N) is 1. The Hall–Kier alpha value is -3.08. The number of esters is 1. The number of benzene rings is 2. The van der Waals surface area contributed by atoms with E-state index in [1.807, 2.05) is 31.2 Å². The summed E-state index contributed by atoms with van der Waals surface area (Å²) in [5.74, 6) is -0.224. The predicted octanol–water partition coefficient (Wildman–Crippen LogP) is 3.59. The van der Waals surface area contributed by atoms with E-state index in [-0.39, 0.29) is 5.91 Å². The minimum absolute atomic E-state index is 0.380. The Bertz CT molecular complexity index is 748. The Balaban J connectivity index is 1.86. The van der Waals surface area contributed by atoms with Gasteiger partial charge < -0.3 is 14.8 Å². The van der Waals surface area contributed by atoms with Crippen molar-refractivity contribution in [2.75, 3.05) is 12.4 Å². The van der Waals surface area contributed by atoms with Gasteiger partial charge in [0.2, 0.25) is 0 Å². The van der Waals surface area contributed by atoms with E-state index in [9.17, 15) is 9.59 Å². The fraction of sp³-hybridized carbons (Fsp3) is 0.200. The molecule has 0 saturated heterocycles. The third kappa shape index (κ3) is 5.80. The molecule has 2 rings (SSSR count). The highest BCUT2D eigenvalue weighted by Gasteiger charge is 2.16. The number of amides is 1. The van der Waals surface area contributed by atoms with Crippen LogP contribution in [0.5, 0.6) is 5.75 Å². The zero-order chi connectivity index (χ0) is 18.2. The molecule has 1 atom stereocenters. The molecule has 1 amide bonds. The predicted molar refractivity (Wildman–Crippen MR) is 97.4 cm³/mol. The van der Waals surface area contributed by atoms with Gasteiger partial charge >= 0.3 is 5.97 Å². The van der Waals surface area contributed by atoms with Crippen molar-refractivity contribution in [1.29, 1.82) is 0 Å². The van der Waals surface area contributed by atoms with Crippen LogP contribution in [0.25, 0.3) is 6.08 Å². The summed E-state index contributed by atoms with van der Waals surface area (Å²) in [4.78, 5) is 23.9. The molecule has 0 heterocycles. The lowest BCUT2D eigenvalue weighted by Crippen LogP contribution is -2.29. The van der Waals surface area contributed by atoms with Crippen molar-refractivity contribution in [1.82, 2.24) is 0 Å². The second-order valence-corrected chi connectivity index (χ2v) is 5.54. The number of rotatable bonds is 6. The third-order valence-electron chi connectivity index (χ3n) is 3.51. The molecule has 2 aromatic carbocycles. The maximum atomic E-state index is 12.1. The molecule has 5 heteroatoms. The molecule has 0 aromatic heterocycles. The molecule has 0 fully saturated rings. The Labute approximate surface area is 147 Å². The quantitative estimate of drug-likeness (QED) is 0.645. The smallest absolute Gasteiger partial charge is 0.331 e. The number of carbonyl (C=O) groups is 2. The van der Waals surface area contributed by atoms with Gasteiger partial charge in [-0.15, -0.1) is 0 Å². The van der Waals surface area contributed by atoms with Crippen LogP contribution in [-0.4, -0.2) is 25.1 Å². The number of methoxy groups -OCH3 is 1. The number of carbonyl (C=O) groups excluding carboxylic acids is 2. The van der Waals surface area contributed by atoms with Crippen molar-refractivity contribution < 1.29 is 19.1 Å². The molecular weight excluding hydrogens is 318 g/mol. The van der Waals surface area contributed by atoms with Gasteiger partial charge in [-0.25, -0.2) is 4.79 Å². The second kappa shape index (κ2) is 8.68. The molecule has 0 spiro atoms. The normalized spacial score (nSPS) is 11.8. The maximum absolute atomic E-state index is 12.1. The Morgan fingerprint density at radius 2 is 1.68 bits per heavy atom. The van der Waals surface area contributed by atoms with Crippen molar-refractivity contribution in [2.45, 2.75) is 20.0 Å². The van der Waals surface area contributed by atoms with Crippen molar-refractivity contribution >= 4 is 23.6 Å². The summed E-state index contributed by atoms with van der Waals surface area (Å²) >= 11 is 0. The van der Waals surface area contributed by atoms with Crippen LogP contribution in [0.4, 0.5) is 5.69 Å². The molecule has 2 aromatic rings. The summed E-state index contributed by atoms with van der Waals surface area (Å²) in [5, 5.41) is 2.71. The standard InChI is InChI=1S/C20H21NO4/c1-14-4-9-17(10-5-14)21-20(23)15(2)25-19(22)13-8-16-6-11-18(24-3)12-7-16/h4-13,15H,1-3H3,(H,21,23)/b13-8+/t15-/m1/s1. The van der Waals surface area contributed by atoms with E-state index in [1.165, 1.54) is 13.0 Å². The van der Waals surface area contributed by atoms with Gasteiger partial charge in [-0.05, 0) is 49.8 Å². The molecule has 25 heavy (non-hydrogen) atoms. The first kappa shape index (κ1) is 18.3. The van der Waals surface area contributed by atoms with Gasteiger partial charge in [-0.1, -0.05) is 29.8 Å². The molecule has 0 aliphatic carbocycles. The maximum Gasteiger partial charge on any atom is 0.331 e. The molecule has 0 bridgehead atoms. The Kier molecular flexibility index (Phi) is 6.34. The van der Waals surface area contributed by atoms with Gasteiger partial charge in [-0.3, -0.25) is 4.79 Å². The van der Waals surface area contributed by atoms with E-state index in [0.717, 1.165) is 16.9 Å². The largest absolute Gasteiger partial charge is 0.497 e. The van der Waals surface area contributed by atoms with E-state index in [0.29, 0.717) is 5.69 Å². The minimum Gasteiger partial charge on any atom is -0.497 e. The lowest BCUT2D eigenvalue weighted by Gasteiger charge is -2.12. The summed E-state index contributed by atoms with van der Waals surface area (Å²) in [7, 11) is 1.59. The van der Waals surface area contributed by atoms with Crippen molar-refractivity contribution in [3.05, 3.63) is 65.7 Å². The van der Waals surface area contributed by atoms with E-state index in [4.69, 9.17) is 9.47 Å². The Morgan fingerprint density at radius 3 is 2.28 bits per heavy atom. The van der Waals surface area contributed by atoms with E-state index >= 15 is 0 Å². The van der Waals surface area contributed by atoms with E-state index < -0.39 is 12.1 Å².